The minimum Gasteiger partial charge on any atom is -0.489 e. The predicted octanol–water partition coefficient (Wildman–Crippen LogP) is 4.40. The van der Waals surface area contributed by atoms with Crippen molar-refractivity contribution in [1.29, 1.82) is 0 Å². The second kappa shape index (κ2) is 9.18. The van der Waals surface area contributed by atoms with Gasteiger partial charge in [0, 0.05) is 18.7 Å². The summed E-state index contributed by atoms with van der Waals surface area (Å²) in [5, 5.41) is 13.6. The van der Waals surface area contributed by atoms with E-state index >= 15 is 0 Å². The molecule has 134 valence electrons. The molecule has 0 heterocycles. The molecular formula is C23H25NO2. The van der Waals surface area contributed by atoms with Gasteiger partial charge in [-0.3, -0.25) is 0 Å². The van der Waals surface area contributed by atoms with Crippen molar-refractivity contribution in [1.82, 2.24) is 5.32 Å². The molecule has 0 aromatic heterocycles. The summed E-state index contributed by atoms with van der Waals surface area (Å²) in [6, 6.07) is 26.1. The molecule has 3 rings (SSSR count). The van der Waals surface area contributed by atoms with Gasteiger partial charge in [0.25, 0.3) is 0 Å². The van der Waals surface area contributed by atoms with Crippen LogP contribution in [0.1, 0.15) is 28.4 Å². The molecule has 1 atom stereocenters. The van der Waals surface area contributed by atoms with Crippen molar-refractivity contribution >= 4 is 0 Å². The molecule has 3 aromatic rings. The molecule has 0 fully saturated rings. The van der Waals surface area contributed by atoms with E-state index in [4.69, 9.17) is 4.74 Å². The number of ether oxygens (including phenoxy) is 1. The van der Waals surface area contributed by atoms with Crippen LogP contribution in [0, 0.1) is 6.92 Å². The Kier molecular flexibility index (Phi) is 6.42. The van der Waals surface area contributed by atoms with Crippen LogP contribution in [0.2, 0.25) is 0 Å². The van der Waals surface area contributed by atoms with Gasteiger partial charge in [0.15, 0.2) is 0 Å². The fourth-order valence-corrected chi connectivity index (χ4v) is 2.89. The quantitative estimate of drug-likeness (QED) is 0.635. The molecule has 0 bridgehead atoms. The van der Waals surface area contributed by atoms with Gasteiger partial charge in [0.05, 0.1) is 6.10 Å². The number of nitrogens with one attached hydrogen (secondary N) is 1. The average Bonchev–Trinajstić information content (AvgIpc) is 2.68. The van der Waals surface area contributed by atoms with Gasteiger partial charge in [0.1, 0.15) is 12.4 Å². The largest absolute Gasteiger partial charge is 0.489 e. The zero-order valence-corrected chi connectivity index (χ0v) is 15.1. The van der Waals surface area contributed by atoms with Crippen LogP contribution in [0.3, 0.4) is 0 Å². The van der Waals surface area contributed by atoms with Crippen LogP contribution in [0.25, 0.3) is 0 Å². The van der Waals surface area contributed by atoms with Gasteiger partial charge in [-0.1, -0.05) is 78.4 Å². The van der Waals surface area contributed by atoms with E-state index in [1.807, 2.05) is 60.7 Å². The maximum atomic E-state index is 10.3. The van der Waals surface area contributed by atoms with Crippen molar-refractivity contribution in [3.8, 4) is 5.75 Å². The van der Waals surface area contributed by atoms with Gasteiger partial charge in [-0.05, 0) is 24.1 Å². The first kappa shape index (κ1) is 18.2. The molecular weight excluding hydrogens is 322 g/mol. The van der Waals surface area contributed by atoms with Crippen molar-refractivity contribution in [2.24, 2.45) is 0 Å². The lowest BCUT2D eigenvalue weighted by molar-refractivity contribution is 0.174. The second-order valence-electron chi connectivity index (χ2n) is 6.44. The summed E-state index contributed by atoms with van der Waals surface area (Å²) >= 11 is 0. The highest BCUT2D eigenvalue weighted by Crippen LogP contribution is 2.20. The molecule has 0 spiro atoms. The molecule has 2 N–H and O–H groups in total. The van der Waals surface area contributed by atoms with Crippen LogP contribution in [-0.2, 0) is 13.2 Å². The molecule has 0 aliphatic carbocycles. The van der Waals surface area contributed by atoms with Crippen LogP contribution in [0.4, 0.5) is 0 Å². The number of hydrogen-bond acceptors (Lipinski definition) is 3. The first-order chi connectivity index (χ1) is 12.7. The fraction of sp³-hybridized carbons (Fsp3) is 0.217. The monoisotopic (exact) mass is 347 g/mol. The Morgan fingerprint density at radius 3 is 2.50 bits per heavy atom. The number of aliphatic hydroxyl groups is 1. The summed E-state index contributed by atoms with van der Waals surface area (Å²) in [7, 11) is 0. The van der Waals surface area contributed by atoms with E-state index in [9.17, 15) is 5.11 Å². The lowest BCUT2D eigenvalue weighted by Gasteiger charge is -2.15. The second-order valence-corrected chi connectivity index (χ2v) is 6.44. The Labute approximate surface area is 155 Å². The third-order valence-corrected chi connectivity index (χ3v) is 4.29. The Balaban J connectivity index is 1.55. The maximum Gasteiger partial charge on any atom is 0.124 e. The van der Waals surface area contributed by atoms with Gasteiger partial charge in [-0.15, -0.1) is 0 Å². The molecule has 3 nitrogen and oxygen atoms in total. The van der Waals surface area contributed by atoms with Gasteiger partial charge >= 0.3 is 0 Å². The smallest absolute Gasteiger partial charge is 0.124 e. The summed E-state index contributed by atoms with van der Waals surface area (Å²) in [6.45, 7) is 3.77. The SMILES string of the molecule is Cc1cccc(COc2ccccc2CNC[C@H](O)c2ccccc2)c1. The third kappa shape index (κ3) is 5.19. The number of aliphatic hydroxyl groups excluding tert-OH is 1. The molecule has 3 aromatic carbocycles. The lowest BCUT2D eigenvalue weighted by Crippen LogP contribution is -2.21. The zero-order valence-electron chi connectivity index (χ0n) is 15.1. The summed E-state index contributed by atoms with van der Waals surface area (Å²) in [4.78, 5) is 0. The molecule has 0 aliphatic rings. The first-order valence-corrected chi connectivity index (χ1v) is 8.92. The van der Waals surface area contributed by atoms with Gasteiger partial charge in [-0.2, -0.15) is 0 Å². The molecule has 3 heteroatoms. The minimum atomic E-state index is -0.517. The highest BCUT2D eigenvalue weighted by Gasteiger charge is 2.08. The summed E-state index contributed by atoms with van der Waals surface area (Å²) in [5.74, 6) is 0.871. The molecule has 26 heavy (non-hydrogen) atoms. The van der Waals surface area contributed by atoms with Crippen LogP contribution in [-0.4, -0.2) is 11.7 Å². The van der Waals surface area contributed by atoms with Crippen molar-refractivity contribution in [2.45, 2.75) is 26.2 Å². The van der Waals surface area contributed by atoms with Crippen LogP contribution < -0.4 is 10.1 Å². The highest BCUT2D eigenvalue weighted by atomic mass is 16.5. The first-order valence-electron chi connectivity index (χ1n) is 8.92. The Morgan fingerprint density at radius 1 is 0.923 bits per heavy atom. The van der Waals surface area contributed by atoms with Crippen molar-refractivity contribution in [3.05, 3.63) is 101 Å². The average molecular weight is 347 g/mol. The van der Waals surface area contributed by atoms with E-state index in [1.54, 1.807) is 0 Å². The van der Waals surface area contributed by atoms with E-state index in [1.165, 1.54) is 5.56 Å². The maximum absolute atomic E-state index is 10.3. The summed E-state index contributed by atoms with van der Waals surface area (Å²) in [6.07, 6.45) is -0.517. The predicted molar refractivity (Wildman–Crippen MR) is 105 cm³/mol. The standard InChI is InChI=1S/C23H25NO2/c1-18-8-7-9-19(14-18)17-26-23-13-6-5-12-21(23)15-24-16-22(25)20-10-3-2-4-11-20/h2-14,22,24-25H,15-17H2,1H3/t22-/m0/s1. The van der Waals surface area contributed by atoms with E-state index in [0.717, 1.165) is 22.4 Å². The van der Waals surface area contributed by atoms with E-state index in [-0.39, 0.29) is 0 Å². The number of para-hydroxylation sites is 1. The molecule has 0 unspecified atom stereocenters. The van der Waals surface area contributed by atoms with Gasteiger partial charge in [0.2, 0.25) is 0 Å². The fourth-order valence-electron chi connectivity index (χ4n) is 2.89. The topological polar surface area (TPSA) is 41.5 Å². The van der Waals surface area contributed by atoms with E-state index < -0.39 is 6.10 Å². The Bertz CT molecular complexity index is 817. The van der Waals surface area contributed by atoms with Crippen molar-refractivity contribution in [3.63, 3.8) is 0 Å². The Morgan fingerprint density at radius 2 is 1.69 bits per heavy atom. The molecule has 0 amide bonds. The highest BCUT2D eigenvalue weighted by molar-refractivity contribution is 5.34. The molecule has 0 radical (unpaired) electrons. The summed E-state index contributed by atoms with van der Waals surface area (Å²) in [5.41, 5.74) is 4.40. The zero-order chi connectivity index (χ0) is 18.2. The third-order valence-electron chi connectivity index (χ3n) is 4.29. The van der Waals surface area contributed by atoms with E-state index in [0.29, 0.717) is 19.7 Å². The van der Waals surface area contributed by atoms with Crippen molar-refractivity contribution in [2.75, 3.05) is 6.54 Å². The molecule has 0 aliphatic heterocycles. The normalized spacial score (nSPS) is 11.9. The van der Waals surface area contributed by atoms with Crippen LogP contribution >= 0.6 is 0 Å². The number of rotatable bonds is 8. The van der Waals surface area contributed by atoms with Gasteiger partial charge in [-0.25, -0.2) is 0 Å². The van der Waals surface area contributed by atoms with E-state index in [2.05, 4.69) is 30.4 Å². The van der Waals surface area contributed by atoms with Gasteiger partial charge < -0.3 is 15.2 Å². The number of aryl methyl sites for hydroxylation is 1. The summed E-state index contributed by atoms with van der Waals surface area (Å²) < 4.78 is 6.02. The van der Waals surface area contributed by atoms with Crippen LogP contribution in [0.15, 0.2) is 78.9 Å². The van der Waals surface area contributed by atoms with Crippen molar-refractivity contribution < 1.29 is 9.84 Å². The lowest BCUT2D eigenvalue weighted by atomic mass is 10.1. The number of benzene rings is 3. The Hall–Kier alpha value is -2.62. The molecule has 0 saturated heterocycles. The molecule has 0 saturated carbocycles. The number of hydrogen-bond donors (Lipinski definition) is 2. The minimum absolute atomic E-state index is 0.496. The van der Waals surface area contributed by atoms with Crippen LogP contribution in [0.5, 0.6) is 5.75 Å².